The molecule has 0 aliphatic rings. The Labute approximate surface area is 111 Å². The van der Waals surface area contributed by atoms with Crippen LogP contribution in [-0.2, 0) is 19.9 Å². The summed E-state index contributed by atoms with van der Waals surface area (Å²) in [4.78, 5) is 0. The number of aromatic nitrogens is 2. The molecule has 0 amide bonds. The van der Waals surface area contributed by atoms with Crippen molar-refractivity contribution < 1.29 is 5.11 Å². The minimum atomic E-state index is 0.0365. The van der Waals surface area contributed by atoms with Crippen LogP contribution in [0.25, 0.3) is 0 Å². The Balaban J connectivity index is 2.84. The number of nitrogens with zero attached hydrogens (tertiary/aromatic N) is 2. The molecule has 1 heterocycles. The molecule has 0 spiro atoms. The lowest BCUT2D eigenvalue weighted by Gasteiger charge is -2.30. The number of hydrogen-bond acceptors (Lipinski definition) is 2. The summed E-state index contributed by atoms with van der Waals surface area (Å²) in [6, 6.07) is 2.19. The van der Waals surface area contributed by atoms with Crippen LogP contribution in [0.1, 0.15) is 57.8 Å². The van der Waals surface area contributed by atoms with Gasteiger partial charge in [0.05, 0.1) is 5.69 Å². The summed E-state index contributed by atoms with van der Waals surface area (Å²) < 4.78 is 1.98. The third-order valence-electron chi connectivity index (χ3n) is 4.09. The minimum absolute atomic E-state index is 0.0365. The summed E-state index contributed by atoms with van der Waals surface area (Å²) in [6.07, 6.45) is 6.41. The first-order valence-corrected chi connectivity index (χ1v) is 7.23. The van der Waals surface area contributed by atoms with Gasteiger partial charge in [0.2, 0.25) is 0 Å². The van der Waals surface area contributed by atoms with Gasteiger partial charge in [-0.1, -0.05) is 33.6 Å². The van der Waals surface area contributed by atoms with Gasteiger partial charge in [-0.05, 0) is 37.2 Å². The summed E-state index contributed by atoms with van der Waals surface area (Å²) in [6.45, 7) is 6.79. The Bertz CT molecular complexity index is 353. The van der Waals surface area contributed by atoms with Gasteiger partial charge in [-0.25, -0.2) is 0 Å². The van der Waals surface area contributed by atoms with Gasteiger partial charge in [-0.15, -0.1) is 0 Å². The van der Waals surface area contributed by atoms with Gasteiger partial charge >= 0.3 is 0 Å². The number of unbranched alkanes of at least 4 members (excludes halogenated alkanes) is 1. The highest BCUT2D eigenvalue weighted by atomic mass is 16.3. The van der Waals surface area contributed by atoms with E-state index in [1.165, 1.54) is 18.5 Å². The quantitative estimate of drug-likeness (QED) is 0.772. The number of aliphatic hydroxyl groups is 1. The molecule has 0 fully saturated rings. The van der Waals surface area contributed by atoms with Crippen LogP contribution >= 0.6 is 0 Å². The molecule has 1 aromatic rings. The van der Waals surface area contributed by atoms with Crippen molar-refractivity contribution in [3.63, 3.8) is 0 Å². The molecule has 0 aromatic carbocycles. The standard InChI is InChI=1S/C15H28N2O/c1-5-8-9-15(7-3,12-18)11-14-10-13(6-2)16-17(14)4/h10,18H,5-9,11-12H2,1-4H3. The first-order valence-electron chi connectivity index (χ1n) is 7.23. The molecule has 0 saturated carbocycles. The number of hydrogen-bond donors (Lipinski definition) is 1. The van der Waals surface area contributed by atoms with Crippen LogP contribution in [0, 0.1) is 5.41 Å². The van der Waals surface area contributed by atoms with Crippen LogP contribution < -0.4 is 0 Å². The van der Waals surface area contributed by atoms with Crippen molar-refractivity contribution in [3.8, 4) is 0 Å². The SMILES string of the molecule is CCCCC(CC)(CO)Cc1cc(CC)nn1C. The van der Waals surface area contributed by atoms with E-state index in [2.05, 4.69) is 31.9 Å². The fourth-order valence-electron chi connectivity index (χ4n) is 2.48. The van der Waals surface area contributed by atoms with Crippen molar-refractivity contribution in [2.24, 2.45) is 12.5 Å². The first kappa shape index (κ1) is 15.2. The molecule has 1 N–H and O–H groups in total. The van der Waals surface area contributed by atoms with E-state index in [1.54, 1.807) is 0 Å². The molecule has 0 aliphatic carbocycles. The zero-order valence-electron chi connectivity index (χ0n) is 12.4. The Morgan fingerprint density at radius 2 is 2.06 bits per heavy atom. The van der Waals surface area contributed by atoms with E-state index in [-0.39, 0.29) is 12.0 Å². The fraction of sp³-hybridized carbons (Fsp3) is 0.800. The molecule has 1 unspecified atom stereocenters. The van der Waals surface area contributed by atoms with Crippen LogP contribution in [-0.4, -0.2) is 21.5 Å². The summed E-state index contributed by atoms with van der Waals surface area (Å²) in [5.74, 6) is 0. The third kappa shape index (κ3) is 3.58. The first-order chi connectivity index (χ1) is 8.60. The lowest BCUT2D eigenvalue weighted by atomic mass is 9.77. The molecule has 0 bridgehead atoms. The fourth-order valence-corrected chi connectivity index (χ4v) is 2.48. The highest BCUT2D eigenvalue weighted by Crippen LogP contribution is 2.32. The largest absolute Gasteiger partial charge is 0.396 e. The third-order valence-corrected chi connectivity index (χ3v) is 4.09. The molecular formula is C15H28N2O. The molecule has 3 nitrogen and oxygen atoms in total. The lowest BCUT2D eigenvalue weighted by molar-refractivity contribution is 0.105. The van der Waals surface area contributed by atoms with Gasteiger partial charge in [0.25, 0.3) is 0 Å². The summed E-state index contributed by atoms with van der Waals surface area (Å²) in [7, 11) is 2.01. The highest BCUT2D eigenvalue weighted by molar-refractivity contribution is 5.12. The van der Waals surface area contributed by atoms with Crippen LogP contribution in [0.4, 0.5) is 0 Å². The minimum Gasteiger partial charge on any atom is -0.396 e. The van der Waals surface area contributed by atoms with E-state index in [1.807, 2.05) is 11.7 Å². The zero-order valence-corrected chi connectivity index (χ0v) is 12.4. The zero-order chi connectivity index (χ0) is 13.6. The van der Waals surface area contributed by atoms with Crippen molar-refractivity contribution in [2.75, 3.05) is 6.61 Å². The van der Waals surface area contributed by atoms with Gasteiger partial charge in [0.15, 0.2) is 0 Å². The molecule has 1 atom stereocenters. The van der Waals surface area contributed by atoms with Gasteiger partial charge in [0.1, 0.15) is 0 Å². The van der Waals surface area contributed by atoms with Crippen molar-refractivity contribution >= 4 is 0 Å². The topological polar surface area (TPSA) is 38.1 Å². The maximum absolute atomic E-state index is 9.79. The normalized spacial score (nSPS) is 14.7. The monoisotopic (exact) mass is 252 g/mol. The summed E-state index contributed by atoms with van der Waals surface area (Å²) >= 11 is 0. The van der Waals surface area contributed by atoms with Crippen molar-refractivity contribution in [1.82, 2.24) is 9.78 Å². The smallest absolute Gasteiger partial charge is 0.0624 e. The van der Waals surface area contributed by atoms with Crippen molar-refractivity contribution in [3.05, 3.63) is 17.5 Å². The van der Waals surface area contributed by atoms with Crippen molar-refractivity contribution in [2.45, 2.75) is 59.3 Å². The van der Waals surface area contributed by atoms with E-state index >= 15 is 0 Å². The Hall–Kier alpha value is -0.830. The maximum atomic E-state index is 9.79. The molecular weight excluding hydrogens is 224 g/mol. The van der Waals surface area contributed by atoms with Gasteiger partial charge < -0.3 is 5.11 Å². The highest BCUT2D eigenvalue weighted by Gasteiger charge is 2.28. The number of rotatable bonds is 8. The Morgan fingerprint density at radius 1 is 1.33 bits per heavy atom. The van der Waals surface area contributed by atoms with Crippen molar-refractivity contribution in [1.29, 1.82) is 0 Å². The van der Waals surface area contributed by atoms with E-state index in [0.29, 0.717) is 0 Å². The Morgan fingerprint density at radius 3 is 2.50 bits per heavy atom. The van der Waals surface area contributed by atoms with Crippen LogP contribution in [0.5, 0.6) is 0 Å². The van der Waals surface area contributed by atoms with Crippen LogP contribution in [0.3, 0.4) is 0 Å². The predicted octanol–water partition coefficient (Wildman–Crippen LogP) is 3.10. The van der Waals surface area contributed by atoms with E-state index in [4.69, 9.17) is 0 Å². The predicted molar refractivity (Wildman–Crippen MR) is 75.6 cm³/mol. The molecule has 3 heteroatoms. The average Bonchev–Trinajstić information content (AvgIpc) is 2.75. The second kappa shape index (κ2) is 6.93. The second-order valence-electron chi connectivity index (χ2n) is 5.40. The van der Waals surface area contributed by atoms with E-state index < -0.39 is 0 Å². The average molecular weight is 252 g/mol. The van der Waals surface area contributed by atoms with Gasteiger partial charge in [0, 0.05) is 19.3 Å². The van der Waals surface area contributed by atoms with E-state index in [0.717, 1.165) is 31.4 Å². The van der Waals surface area contributed by atoms with Crippen LogP contribution in [0.15, 0.2) is 6.07 Å². The van der Waals surface area contributed by atoms with Gasteiger partial charge in [-0.2, -0.15) is 5.10 Å². The van der Waals surface area contributed by atoms with E-state index in [9.17, 15) is 5.11 Å². The lowest BCUT2D eigenvalue weighted by Crippen LogP contribution is -2.28. The van der Waals surface area contributed by atoms with Gasteiger partial charge in [-0.3, -0.25) is 4.68 Å². The Kier molecular flexibility index (Phi) is 5.86. The molecule has 0 radical (unpaired) electrons. The number of aliphatic hydroxyl groups excluding tert-OH is 1. The molecule has 18 heavy (non-hydrogen) atoms. The maximum Gasteiger partial charge on any atom is 0.0624 e. The second-order valence-corrected chi connectivity index (χ2v) is 5.40. The summed E-state index contributed by atoms with van der Waals surface area (Å²) in [5.41, 5.74) is 2.43. The number of aryl methyl sites for hydroxylation is 2. The van der Waals surface area contributed by atoms with Crippen LogP contribution in [0.2, 0.25) is 0 Å². The molecule has 104 valence electrons. The summed E-state index contributed by atoms with van der Waals surface area (Å²) in [5, 5.41) is 14.3. The molecule has 0 aliphatic heterocycles. The molecule has 0 saturated heterocycles. The molecule has 1 aromatic heterocycles. The molecule has 1 rings (SSSR count).